The van der Waals surface area contributed by atoms with Crippen LogP contribution in [0.1, 0.15) is 11.1 Å². The molecule has 0 saturated heterocycles. The van der Waals surface area contributed by atoms with Crippen LogP contribution in [0.5, 0.6) is 5.75 Å². The maximum atomic E-state index is 13.6. The van der Waals surface area contributed by atoms with Crippen molar-refractivity contribution < 1.29 is 13.9 Å². The summed E-state index contributed by atoms with van der Waals surface area (Å²) >= 11 is 11.9. The van der Waals surface area contributed by atoms with Crippen LogP contribution >= 0.6 is 23.2 Å². The molecule has 0 aliphatic carbocycles. The number of nitrogens with zero attached hydrogens (tertiary/aromatic N) is 1. The van der Waals surface area contributed by atoms with Gasteiger partial charge in [0.2, 0.25) is 0 Å². The van der Waals surface area contributed by atoms with Gasteiger partial charge in [0.1, 0.15) is 29.8 Å². The summed E-state index contributed by atoms with van der Waals surface area (Å²) in [5.41, 5.74) is 1.28. The fourth-order valence-corrected chi connectivity index (χ4v) is 2.87. The van der Waals surface area contributed by atoms with E-state index in [4.69, 9.17) is 27.9 Å². The molecule has 150 valence electrons. The first kappa shape index (κ1) is 21.4. The minimum Gasteiger partial charge on any atom is -0.489 e. The Labute approximate surface area is 183 Å². The van der Waals surface area contributed by atoms with Gasteiger partial charge in [0.05, 0.1) is 10.7 Å². The van der Waals surface area contributed by atoms with Crippen LogP contribution in [0, 0.1) is 17.1 Å². The van der Waals surface area contributed by atoms with Crippen LogP contribution < -0.4 is 10.1 Å². The number of hydrogen-bond donors (Lipinski definition) is 1. The van der Waals surface area contributed by atoms with Gasteiger partial charge in [0, 0.05) is 10.6 Å². The molecule has 0 aliphatic rings. The average molecular weight is 441 g/mol. The van der Waals surface area contributed by atoms with Gasteiger partial charge in [-0.05, 0) is 48.0 Å². The third-order valence-electron chi connectivity index (χ3n) is 4.08. The van der Waals surface area contributed by atoms with E-state index >= 15 is 0 Å². The Morgan fingerprint density at radius 1 is 1.10 bits per heavy atom. The summed E-state index contributed by atoms with van der Waals surface area (Å²) in [6.45, 7) is 0.0914. The summed E-state index contributed by atoms with van der Waals surface area (Å²) in [7, 11) is 0. The standard InChI is InChI=1S/C23H15Cl2FN2O2/c24-18-7-10-20(25)22(12-18)28-23(29)17(13-27)11-15-5-8-19(9-6-15)30-14-16-3-1-2-4-21(16)26/h1-12H,14H2,(H,28,29)/b17-11+. The van der Waals surface area contributed by atoms with Crippen LogP contribution in [0.3, 0.4) is 0 Å². The second-order valence-corrected chi connectivity index (χ2v) is 7.04. The van der Waals surface area contributed by atoms with Crippen LogP contribution in [-0.2, 0) is 11.4 Å². The van der Waals surface area contributed by atoms with Crippen molar-refractivity contribution in [2.45, 2.75) is 6.61 Å². The number of halogens is 3. The molecule has 0 unspecified atom stereocenters. The molecule has 0 bridgehead atoms. The van der Waals surface area contributed by atoms with E-state index in [1.165, 1.54) is 18.2 Å². The highest BCUT2D eigenvalue weighted by Gasteiger charge is 2.12. The molecule has 3 rings (SSSR count). The van der Waals surface area contributed by atoms with E-state index in [0.29, 0.717) is 32.6 Å². The third-order valence-corrected chi connectivity index (χ3v) is 4.65. The van der Waals surface area contributed by atoms with Crippen molar-refractivity contribution in [2.75, 3.05) is 5.32 Å². The number of amides is 1. The first-order valence-electron chi connectivity index (χ1n) is 8.81. The Bertz CT molecular complexity index is 1140. The summed E-state index contributed by atoms with van der Waals surface area (Å²) < 4.78 is 19.2. The van der Waals surface area contributed by atoms with E-state index in [2.05, 4.69) is 5.32 Å². The second-order valence-electron chi connectivity index (χ2n) is 6.20. The highest BCUT2D eigenvalue weighted by molar-refractivity contribution is 6.36. The quantitative estimate of drug-likeness (QED) is 0.363. The topological polar surface area (TPSA) is 62.1 Å². The van der Waals surface area contributed by atoms with E-state index in [-0.39, 0.29) is 18.0 Å². The second kappa shape index (κ2) is 9.93. The zero-order valence-electron chi connectivity index (χ0n) is 15.5. The van der Waals surface area contributed by atoms with Crippen LogP contribution in [0.2, 0.25) is 10.0 Å². The minimum absolute atomic E-state index is 0.0914. The summed E-state index contributed by atoms with van der Waals surface area (Å²) in [6.07, 6.45) is 1.44. The molecule has 7 heteroatoms. The van der Waals surface area contributed by atoms with Crippen molar-refractivity contribution in [3.8, 4) is 11.8 Å². The number of nitriles is 1. The van der Waals surface area contributed by atoms with Gasteiger partial charge in [-0.3, -0.25) is 4.79 Å². The molecule has 1 amide bonds. The van der Waals surface area contributed by atoms with Crippen molar-refractivity contribution in [1.82, 2.24) is 0 Å². The van der Waals surface area contributed by atoms with Crippen molar-refractivity contribution in [3.05, 3.63) is 99.3 Å². The molecule has 0 heterocycles. The molecule has 0 fully saturated rings. The molecule has 0 atom stereocenters. The first-order valence-corrected chi connectivity index (χ1v) is 9.56. The zero-order valence-corrected chi connectivity index (χ0v) is 17.0. The van der Waals surface area contributed by atoms with E-state index in [1.807, 2.05) is 6.07 Å². The molecular weight excluding hydrogens is 426 g/mol. The van der Waals surface area contributed by atoms with Crippen LogP contribution in [0.25, 0.3) is 6.08 Å². The fourth-order valence-electron chi connectivity index (χ4n) is 2.54. The normalized spacial score (nSPS) is 10.9. The van der Waals surface area contributed by atoms with Gasteiger partial charge in [-0.1, -0.05) is 53.5 Å². The molecular formula is C23H15Cl2FN2O2. The van der Waals surface area contributed by atoms with Gasteiger partial charge in [0.15, 0.2) is 0 Å². The van der Waals surface area contributed by atoms with Crippen LogP contribution in [0.15, 0.2) is 72.3 Å². The van der Waals surface area contributed by atoms with Gasteiger partial charge in [-0.15, -0.1) is 0 Å². The molecule has 3 aromatic rings. The lowest BCUT2D eigenvalue weighted by Gasteiger charge is -2.08. The van der Waals surface area contributed by atoms with Gasteiger partial charge in [-0.25, -0.2) is 4.39 Å². The van der Waals surface area contributed by atoms with Gasteiger partial charge >= 0.3 is 0 Å². The Hall–Kier alpha value is -3.33. The van der Waals surface area contributed by atoms with E-state index in [0.717, 1.165) is 0 Å². The molecule has 30 heavy (non-hydrogen) atoms. The number of ether oxygens (including phenoxy) is 1. The highest BCUT2D eigenvalue weighted by Crippen LogP contribution is 2.26. The molecule has 1 N–H and O–H groups in total. The van der Waals surface area contributed by atoms with Crippen LogP contribution in [0.4, 0.5) is 10.1 Å². The number of carbonyl (C=O) groups excluding carboxylic acids is 1. The van der Waals surface area contributed by atoms with Crippen molar-refractivity contribution in [1.29, 1.82) is 5.26 Å². The van der Waals surface area contributed by atoms with E-state index < -0.39 is 5.91 Å². The van der Waals surface area contributed by atoms with Gasteiger partial charge in [0.25, 0.3) is 5.91 Å². The lowest BCUT2D eigenvalue weighted by atomic mass is 10.1. The number of nitrogens with one attached hydrogen (secondary N) is 1. The maximum Gasteiger partial charge on any atom is 0.266 e. The Balaban J connectivity index is 1.68. The molecule has 0 radical (unpaired) electrons. The first-order chi connectivity index (χ1) is 14.5. The molecule has 0 aliphatic heterocycles. The molecule has 0 aromatic heterocycles. The third kappa shape index (κ3) is 5.60. The number of hydrogen-bond acceptors (Lipinski definition) is 3. The predicted octanol–water partition coefficient (Wildman–Crippen LogP) is 6.26. The lowest BCUT2D eigenvalue weighted by molar-refractivity contribution is -0.112. The molecule has 0 spiro atoms. The van der Waals surface area contributed by atoms with E-state index in [9.17, 15) is 14.4 Å². The number of carbonyl (C=O) groups is 1. The minimum atomic E-state index is -0.610. The zero-order chi connectivity index (χ0) is 21.5. The lowest BCUT2D eigenvalue weighted by Crippen LogP contribution is -2.13. The smallest absolute Gasteiger partial charge is 0.266 e. The largest absolute Gasteiger partial charge is 0.489 e. The van der Waals surface area contributed by atoms with Crippen LogP contribution in [-0.4, -0.2) is 5.91 Å². The number of benzene rings is 3. The van der Waals surface area contributed by atoms with Crippen molar-refractivity contribution in [3.63, 3.8) is 0 Å². The number of rotatable bonds is 6. The average Bonchev–Trinajstić information content (AvgIpc) is 2.75. The van der Waals surface area contributed by atoms with Crippen molar-refractivity contribution in [2.24, 2.45) is 0 Å². The Kier molecular flexibility index (Phi) is 7.08. The fraction of sp³-hybridized carbons (Fsp3) is 0.0435. The molecule has 4 nitrogen and oxygen atoms in total. The molecule has 3 aromatic carbocycles. The monoisotopic (exact) mass is 440 g/mol. The maximum absolute atomic E-state index is 13.6. The SMILES string of the molecule is N#C/C(=C\c1ccc(OCc2ccccc2F)cc1)C(=O)Nc1cc(Cl)ccc1Cl. The summed E-state index contributed by atoms with van der Waals surface area (Å²) in [5, 5.41) is 12.6. The molecule has 0 saturated carbocycles. The summed E-state index contributed by atoms with van der Waals surface area (Å²) in [5.74, 6) is -0.410. The summed E-state index contributed by atoms with van der Waals surface area (Å²) in [4.78, 5) is 12.4. The highest BCUT2D eigenvalue weighted by atomic mass is 35.5. The Morgan fingerprint density at radius 2 is 1.83 bits per heavy atom. The van der Waals surface area contributed by atoms with Gasteiger partial charge in [-0.2, -0.15) is 5.26 Å². The Morgan fingerprint density at radius 3 is 2.53 bits per heavy atom. The van der Waals surface area contributed by atoms with E-state index in [1.54, 1.807) is 54.6 Å². The summed E-state index contributed by atoms with van der Waals surface area (Å²) in [6, 6.07) is 19.6. The number of anilines is 1. The predicted molar refractivity (Wildman–Crippen MR) is 116 cm³/mol. The van der Waals surface area contributed by atoms with Crippen molar-refractivity contribution >= 4 is 40.9 Å². The van der Waals surface area contributed by atoms with Gasteiger partial charge < -0.3 is 10.1 Å².